The Balaban J connectivity index is 1.83. The highest BCUT2D eigenvalue weighted by molar-refractivity contribution is 5.27. The Kier molecular flexibility index (Phi) is 5.43. The fourth-order valence-corrected chi connectivity index (χ4v) is 1.92. The number of benzene rings is 1. The Hall–Kier alpha value is -2.01. The quantitative estimate of drug-likeness (QED) is 0.803. The molecule has 2 rings (SSSR count). The van der Waals surface area contributed by atoms with Crippen LogP contribution in [0.1, 0.15) is 6.92 Å². The van der Waals surface area contributed by atoms with Crippen LogP contribution in [0.5, 0.6) is 5.75 Å². The standard InChI is InChI=1S/C15H21N3O2/c1-13(12-19-2)17-15-16-8-9-18(15)10-11-20-14-6-4-3-5-7-14/h3-9,13H,10-12H2,1-2H3,(H,16,17). The summed E-state index contributed by atoms with van der Waals surface area (Å²) >= 11 is 0. The number of ether oxygens (including phenoxy) is 2. The fraction of sp³-hybridized carbons (Fsp3) is 0.400. The highest BCUT2D eigenvalue weighted by atomic mass is 16.5. The summed E-state index contributed by atoms with van der Waals surface area (Å²) in [6, 6.07) is 10.0. The third-order valence-corrected chi connectivity index (χ3v) is 2.85. The molecule has 1 N–H and O–H groups in total. The molecule has 0 aliphatic heterocycles. The van der Waals surface area contributed by atoms with Gasteiger partial charge in [0.05, 0.1) is 13.2 Å². The summed E-state index contributed by atoms with van der Waals surface area (Å²) in [7, 11) is 1.69. The van der Waals surface area contributed by atoms with E-state index in [0.717, 1.165) is 18.2 Å². The topological polar surface area (TPSA) is 48.3 Å². The molecule has 0 fully saturated rings. The molecule has 1 unspecified atom stereocenters. The second kappa shape index (κ2) is 7.55. The number of para-hydroxylation sites is 1. The highest BCUT2D eigenvalue weighted by Crippen LogP contribution is 2.10. The van der Waals surface area contributed by atoms with Crippen LogP contribution in [0.15, 0.2) is 42.7 Å². The number of methoxy groups -OCH3 is 1. The number of imidazole rings is 1. The average molecular weight is 275 g/mol. The maximum absolute atomic E-state index is 5.69. The van der Waals surface area contributed by atoms with Crippen LogP contribution >= 0.6 is 0 Å². The van der Waals surface area contributed by atoms with Gasteiger partial charge in [-0.2, -0.15) is 0 Å². The maximum atomic E-state index is 5.69. The van der Waals surface area contributed by atoms with Crippen LogP contribution in [0.3, 0.4) is 0 Å². The molecule has 0 saturated carbocycles. The van der Waals surface area contributed by atoms with Gasteiger partial charge in [0.2, 0.25) is 5.95 Å². The number of nitrogens with one attached hydrogen (secondary N) is 1. The van der Waals surface area contributed by atoms with Gasteiger partial charge < -0.3 is 19.4 Å². The number of anilines is 1. The molecule has 5 heteroatoms. The van der Waals surface area contributed by atoms with Gasteiger partial charge >= 0.3 is 0 Å². The zero-order chi connectivity index (χ0) is 14.2. The van der Waals surface area contributed by atoms with E-state index in [0.29, 0.717) is 13.2 Å². The SMILES string of the molecule is COCC(C)Nc1nccn1CCOc1ccccc1. The number of hydrogen-bond donors (Lipinski definition) is 1. The van der Waals surface area contributed by atoms with E-state index in [1.165, 1.54) is 0 Å². The van der Waals surface area contributed by atoms with Crippen molar-refractivity contribution in [3.8, 4) is 5.75 Å². The number of nitrogens with zero attached hydrogens (tertiary/aromatic N) is 2. The van der Waals surface area contributed by atoms with Crippen LogP contribution in [0.25, 0.3) is 0 Å². The molecule has 0 spiro atoms. The van der Waals surface area contributed by atoms with E-state index in [-0.39, 0.29) is 6.04 Å². The van der Waals surface area contributed by atoms with E-state index < -0.39 is 0 Å². The van der Waals surface area contributed by atoms with E-state index >= 15 is 0 Å². The molecule has 108 valence electrons. The summed E-state index contributed by atoms with van der Waals surface area (Å²) in [4.78, 5) is 4.30. The number of hydrogen-bond acceptors (Lipinski definition) is 4. The van der Waals surface area contributed by atoms with Crippen molar-refractivity contribution in [1.82, 2.24) is 9.55 Å². The lowest BCUT2D eigenvalue weighted by Gasteiger charge is -2.15. The van der Waals surface area contributed by atoms with E-state index in [1.807, 2.05) is 41.1 Å². The second-order valence-corrected chi connectivity index (χ2v) is 4.61. The minimum Gasteiger partial charge on any atom is -0.492 e. The molecule has 0 amide bonds. The van der Waals surface area contributed by atoms with Gasteiger partial charge in [0.25, 0.3) is 0 Å². The minimum atomic E-state index is 0.219. The van der Waals surface area contributed by atoms with Gasteiger partial charge in [0, 0.05) is 25.5 Å². The Bertz CT molecular complexity index is 499. The molecule has 0 aliphatic rings. The van der Waals surface area contributed by atoms with E-state index in [9.17, 15) is 0 Å². The molecule has 1 atom stereocenters. The van der Waals surface area contributed by atoms with Crippen molar-refractivity contribution in [3.63, 3.8) is 0 Å². The molecule has 20 heavy (non-hydrogen) atoms. The number of aromatic nitrogens is 2. The van der Waals surface area contributed by atoms with E-state index in [1.54, 1.807) is 13.3 Å². The zero-order valence-corrected chi connectivity index (χ0v) is 12.0. The Morgan fingerprint density at radius 1 is 1.30 bits per heavy atom. The first-order chi connectivity index (χ1) is 9.79. The van der Waals surface area contributed by atoms with Gasteiger partial charge in [0.1, 0.15) is 12.4 Å². The van der Waals surface area contributed by atoms with Gasteiger partial charge in [-0.3, -0.25) is 0 Å². The van der Waals surface area contributed by atoms with Gasteiger partial charge in [-0.25, -0.2) is 4.98 Å². The summed E-state index contributed by atoms with van der Waals surface area (Å²) in [6.45, 7) is 4.06. The van der Waals surface area contributed by atoms with E-state index in [2.05, 4.69) is 17.2 Å². The highest BCUT2D eigenvalue weighted by Gasteiger charge is 2.06. The smallest absolute Gasteiger partial charge is 0.203 e. The molecular formula is C15H21N3O2. The molecular weight excluding hydrogens is 254 g/mol. The van der Waals surface area contributed by atoms with Crippen molar-refractivity contribution in [1.29, 1.82) is 0 Å². The van der Waals surface area contributed by atoms with Crippen molar-refractivity contribution >= 4 is 5.95 Å². The number of rotatable bonds is 8. The van der Waals surface area contributed by atoms with Crippen molar-refractivity contribution in [3.05, 3.63) is 42.7 Å². The van der Waals surface area contributed by atoms with Crippen LogP contribution in [-0.4, -0.2) is 35.9 Å². The molecule has 1 aromatic heterocycles. The maximum Gasteiger partial charge on any atom is 0.203 e. The Labute approximate surface area is 119 Å². The minimum absolute atomic E-state index is 0.219. The van der Waals surface area contributed by atoms with Crippen LogP contribution in [0.4, 0.5) is 5.95 Å². The predicted molar refractivity (Wildman–Crippen MR) is 79.1 cm³/mol. The molecule has 0 radical (unpaired) electrons. The van der Waals surface area contributed by atoms with Crippen molar-refractivity contribution in [2.24, 2.45) is 0 Å². The second-order valence-electron chi connectivity index (χ2n) is 4.61. The molecule has 0 saturated heterocycles. The third kappa shape index (κ3) is 4.28. The molecule has 2 aromatic rings. The lowest BCUT2D eigenvalue weighted by atomic mass is 10.3. The zero-order valence-electron chi connectivity index (χ0n) is 12.0. The monoisotopic (exact) mass is 275 g/mol. The first-order valence-electron chi connectivity index (χ1n) is 6.74. The first kappa shape index (κ1) is 14.4. The van der Waals surface area contributed by atoms with Crippen molar-refractivity contribution < 1.29 is 9.47 Å². The van der Waals surface area contributed by atoms with Gasteiger partial charge in [-0.05, 0) is 19.1 Å². The lowest BCUT2D eigenvalue weighted by Crippen LogP contribution is -2.23. The van der Waals surface area contributed by atoms with Crippen molar-refractivity contribution in [2.45, 2.75) is 19.5 Å². The van der Waals surface area contributed by atoms with Crippen LogP contribution in [0, 0.1) is 0 Å². The molecule has 1 heterocycles. The summed E-state index contributed by atoms with van der Waals surface area (Å²) in [6.07, 6.45) is 3.72. The summed E-state index contributed by atoms with van der Waals surface area (Å²) in [5.41, 5.74) is 0. The third-order valence-electron chi connectivity index (χ3n) is 2.85. The Morgan fingerprint density at radius 3 is 2.85 bits per heavy atom. The molecule has 1 aromatic carbocycles. The molecule has 0 bridgehead atoms. The lowest BCUT2D eigenvalue weighted by molar-refractivity contribution is 0.190. The van der Waals surface area contributed by atoms with Gasteiger partial charge in [-0.15, -0.1) is 0 Å². The van der Waals surface area contributed by atoms with E-state index in [4.69, 9.17) is 9.47 Å². The predicted octanol–water partition coefficient (Wildman–Crippen LogP) is 2.41. The summed E-state index contributed by atoms with van der Waals surface area (Å²) in [5.74, 6) is 1.72. The van der Waals surface area contributed by atoms with Gasteiger partial charge in [0.15, 0.2) is 0 Å². The normalized spacial score (nSPS) is 12.1. The summed E-state index contributed by atoms with van der Waals surface area (Å²) in [5, 5.41) is 3.31. The van der Waals surface area contributed by atoms with Crippen molar-refractivity contribution in [2.75, 3.05) is 25.6 Å². The average Bonchev–Trinajstić information content (AvgIpc) is 2.88. The largest absolute Gasteiger partial charge is 0.492 e. The first-order valence-corrected chi connectivity index (χ1v) is 6.74. The Morgan fingerprint density at radius 2 is 2.10 bits per heavy atom. The fourth-order valence-electron chi connectivity index (χ4n) is 1.92. The van der Waals surface area contributed by atoms with Crippen LogP contribution in [0.2, 0.25) is 0 Å². The summed E-state index contributed by atoms with van der Waals surface area (Å²) < 4.78 is 12.8. The van der Waals surface area contributed by atoms with Crippen LogP contribution in [-0.2, 0) is 11.3 Å². The van der Waals surface area contributed by atoms with Gasteiger partial charge in [-0.1, -0.05) is 18.2 Å². The molecule has 0 aliphatic carbocycles. The van der Waals surface area contributed by atoms with Crippen LogP contribution < -0.4 is 10.1 Å². The molecule has 5 nitrogen and oxygen atoms in total.